The van der Waals surface area contributed by atoms with Crippen molar-refractivity contribution in [1.82, 2.24) is 5.32 Å². The molecular formula is C11H27N3. The molecule has 0 amide bonds. The fraction of sp³-hybridized carbons (Fsp3) is 1.00. The molecule has 0 aliphatic carbocycles. The minimum atomic E-state index is -0.110. The van der Waals surface area contributed by atoms with Crippen molar-refractivity contribution in [3.8, 4) is 0 Å². The van der Waals surface area contributed by atoms with Crippen LogP contribution in [0.4, 0.5) is 0 Å². The summed E-state index contributed by atoms with van der Waals surface area (Å²) in [7, 11) is 0. The van der Waals surface area contributed by atoms with Gasteiger partial charge in [0, 0.05) is 0 Å². The maximum Gasteiger partial charge on any atom is 0.0520 e. The Morgan fingerprint density at radius 2 is 1.57 bits per heavy atom. The van der Waals surface area contributed by atoms with Crippen LogP contribution in [0.2, 0.25) is 0 Å². The Morgan fingerprint density at radius 1 is 0.929 bits per heavy atom. The fourth-order valence-corrected chi connectivity index (χ4v) is 1.46. The van der Waals surface area contributed by atoms with Gasteiger partial charge in [-0.1, -0.05) is 32.6 Å². The predicted octanol–water partition coefficient (Wildman–Crippen LogP) is 1.57. The SMILES string of the molecule is CCCNCCCCCCCC(N)N. The van der Waals surface area contributed by atoms with E-state index in [0.29, 0.717) is 0 Å². The zero-order valence-electron chi connectivity index (χ0n) is 9.60. The largest absolute Gasteiger partial charge is 0.317 e. The second-order valence-corrected chi connectivity index (χ2v) is 3.97. The molecule has 0 rings (SSSR count). The van der Waals surface area contributed by atoms with E-state index >= 15 is 0 Å². The molecule has 0 atom stereocenters. The van der Waals surface area contributed by atoms with E-state index in [-0.39, 0.29) is 6.17 Å². The van der Waals surface area contributed by atoms with Crippen LogP contribution in [0.5, 0.6) is 0 Å². The van der Waals surface area contributed by atoms with E-state index in [1.807, 2.05) is 0 Å². The van der Waals surface area contributed by atoms with Crippen LogP contribution in [-0.4, -0.2) is 19.3 Å². The number of nitrogens with two attached hydrogens (primary N) is 2. The lowest BCUT2D eigenvalue weighted by atomic mass is 10.1. The quantitative estimate of drug-likeness (QED) is 0.371. The van der Waals surface area contributed by atoms with Gasteiger partial charge in [-0.15, -0.1) is 0 Å². The number of rotatable bonds is 10. The van der Waals surface area contributed by atoms with Crippen LogP contribution in [0.15, 0.2) is 0 Å². The maximum absolute atomic E-state index is 5.46. The highest BCUT2D eigenvalue weighted by molar-refractivity contribution is 4.53. The number of nitrogens with one attached hydrogen (secondary N) is 1. The van der Waals surface area contributed by atoms with Crippen molar-refractivity contribution in [2.75, 3.05) is 13.1 Å². The Labute approximate surface area is 88.6 Å². The van der Waals surface area contributed by atoms with Crippen LogP contribution in [0.1, 0.15) is 51.9 Å². The first-order valence-corrected chi connectivity index (χ1v) is 5.99. The van der Waals surface area contributed by atoms with Crippen molar-refractivity contribution in [3.05, 3.63) is 0 Å². The highest BCUT2D eigenvalue weighted by Crippen LogP contribution is 2.04. The summed E-state index contributed by atoms with van der Waals surface area (Å²) in [5.74, 6) is 0. The second-order valence-electron chi connectivity index (χ2n) is 3.97. The molecule has 14 heavy (non-hydrogen) atoms. The molecule has 0 aromatic rings. The first kappa shape index (κ1) is 13.9. The van der Waals surface area contributed by atoms with E-state index in [4.69, 9.17) is 11.5 Å². The summed E-state index contributed by atoms with van der Waals surface area (Å²) in [4.78, 5) is 0. The van der Waals surface area contributed by atoms with Crippen molar-refractivity contribution in [2.45, 2.75) is 58.0 Å². The monoisotopic (exact) mass is 201 g/mol. The summed E-state index contributed by atoms with van der Waals surface area (Å²) >= 11 is 0. The minimum Gasteiger partial charge on any atom is -0.317 e. The van der Waals surface area contributed by atoms with E-state index in [2.05, 4.69) is 12.2 Å². The Morgan fingerprint density at radius 3 is 2.21 bits per heavy atom. The van der Waals surface area contributed by atoms with E-state index < -0.39 is 0 Å². The molecule has 0 fully saturated rings. The van der Waals surface area contributed by atoms with Gasteiger partial charge >= 0.3 is 0 Å². The van der Waals surface area contributed by atoms with Crippen LogP contribution in [-0.2, 0) is 0 Å². The second kappa shape index (κ2) is 11.0. The smallest absolute Gasteiger partial charge is 0.0520 e. The molecule has 0 aromatic carbocycles. The highest BCUT2D eigenvalue weighted by atomic mass is 14.8. The minimum absolute atomic E-state index is 0.110. The topological polar surface area (TPSA) is 64.1 Å². The van der Waals surface area contributed by atoms with Crippen molar-refractivity contribution in [3.63, 3.8) is 0 Å². The third-order valence-electron chi connectivity index (χ3n) is 2.32. The van der Waals surface area contributed by atoms with Crippen molar-refractivity contribution < 1.29 is 0 Å². The molecule has 0 radical (unpaired) electrons. The Kier molecular flexibility index (Phi) is 10.9. The normalized spacial score (nSPS) is 11.1. The van der Waals surface area contributed by atoms with E-state index in [1.165, 1.54) is 45.1 Å². The van der Waals surface area contributed by atoms with Gasteiger partial charge in [0.2, 0.25) is 0 Å². The Balaban J connectivity index is 2.85. The molecule has 0 unspecified atom stereocenters. The van der Waals surface area contributed by atoms with Crippen molar-refractivity contribution in [1.29, 1.82) is 0 Å². The summed E-state index contributed by atoms with van der Waals surface area (Å²) < 4.78 is 0. The molecule has 0 saturated carbocycles. The van der Waals surface area contributed by atoms with Gasteiger partial charge in [-0.2, -0.15) is 0 Å². The van der Waals surface area contributed by atoms with Gasteiger partial charge in [-0.3, -0.25) is 0 Å². The molecule has 0 bridgehead atoms. The van der Waals surface area contributed by atoms with Gasteiger partial charge in [0.25, 0.3) is 0 Å². The van der Waals surface area contributed by atoms with Crippen LogP contribution in [0.25, 0.3) is 0 Å². The molecule has 3 nitrogen and oxygen atoms in total. The molecule has 0 spiro atoms. The summed E-state index contributed by atoms with van der Waals surface area (Å²) in [6, 6.07) is 0. The lowest BCUT2D eigenvalue weighted by Gasteiger charge is -2.05. The summed E-state index contributed by atoms with van der Waals surface area (Å²) in [6.07, 6.45) is 8.49. The Bertz CT molecular complexity index is 105. The van der Waals surface area contributed by atoms with Gasteiger partial charge in [-0.25, -0.2) is 0 Å². The molecule has 86 valence electrons. The molecule has 3 heteroatoms. The molecule has 0 aromatic heterocycles. The first-order valence-electron chi connectivity index (χ1n) is 5.99. The third-order valence-corrected chi connectivity index (χ3v) is 2.32. The number of hydrogen-bond donors (Lipinski definition) is 3. The molecule has 0 saturated heterocycles. The van der Waals surface area contributed by atoms with E-state index in [9.17, 15) is 0 Å². The van der Waals surface area contributed by atoms with E-state index in [1.54, 1.807) is 0 Å². The van der Waals surface area contributed by atoms with Crippen LogP contribution >= 0.6 is 0 Å². The van der Waals surface area contributed by atoms with Gasteiger partial charge < -0.3 is 16.8 Å². The maximum atomic E-state index is 5.46. The van der Waals surface area contributed by atoms with Gasteiger partial charge in [-0.05, 0) is 32.4 Å². The highest BCUT2D eigenvalue weighted by Gasteiger charge is 1.94. The number of hydrogen-bond acceptors (Lipinski definition) is 3. The average molecular weight is 201 g/mol. The predicted molar refractivity (Wildman–Crippen MR) is 63.0 cm³/mol. The molecule has 0 aliphatic heterocycles. The molecule has 0 heterocycles. The Hall–Kier alpha value is -0.120. The number of unbranched alkanes of at least 4 members (excludes halogenated alkanes) is 4. The van der Waals surface area contributed by atoms with Crippen LogP contribution in [0, 0.1) is 0 Å². The van der Waals surface area contributed by atoms with Crippen molar-refractivity contribution >= 4 is 0 Å². The zero-order chi connectivity index (χ0) is 10.6. The standard InChI is InChI=1S/C11H27N3/c1-2-9-14-10-7-5-3-4-6-8-11(12)13/h11,14H,2-10,12-13H2,1H3. The fourth-order valence-electron chi connectivity index (χ4n) is 1.46. The van der Waals surface area contributed by atoms with Gasteiger partial charge in [0.1, 0.15) is 0 Å². The van der Waals surface area contributed by atoms with Gasteiger partial charge in [0.15, 0.2) is 0 Å². The molecule has 0 aliphatic rings. The first-order chi connectivity index (χ1) is 6.77. The third kappa shape index (κ3) is 11.9. The molecular weight excluding hydrogens is 174 g/mol. The zero-order valence-corrected chi connectivity index (χ0v) is 9.60. The summed E-state index contributed by atoms with van der Waals surface area (Å²) in [5, 5.41) is 3.40. The lowest BCUT2D eigenvalue weighted by molar-refractivity contribution is 0.534. The van der Waals surface area contributed by atoms with Gasteiger partial charge in [0.05, 0.1) is 6.17 Å². The van der Waals surface area contributed by atoms with Crippen LogP contribution < -0.4 is 16.8 Å². The van der Waals surface area contributed by atoms with Crippen molar-refractivity contribution in [2.24, 2.45) is 11.5 Å². The lowest BCUT2D eigenvalue weighted by Crippen LogP contribution is -2.29. The van der Waals surface area contributed by atoms with E-state index in [0.717, 1.165) is 13.0 Å². The van der Waals surface area contributed by atoms with Crippen LogP contribution in [0.3, 0.4) is 0 Å². The summed E-state index contributed by atoms with van der Waals surface area (Å²) in [6.45, 7) is 4.52. The molecule has 5 N–H and O–H groups in total. The summed E-state index contributed by atoms with van der Waals surface area (Å²) in [5.41, 5.74) is 10.9. The average Bonchev–Trinajstić information content (AvgIpc) is 2.15.